The van der Waals surface area contributed by atoms with Gasteiger partial charge in [0.2, 0.25) is 0 Å². The molecule has 1 nitrogen and oxygen atoms in total. The zero-order valence-corrected chi connectivity index (χ0v) is 6.91. The fraction of sp³-hybridized carbons (Fsp3) is 0. The molecule has 45 valence electrons. The Balaban J connectivity index is 3.01. The van der Waals surface area contributed by atoms with E-state index in [1.54, 1.807) is 26.9 Å². The first-order chi connectivity index (χ1) is 4.34. The zero-order valence-electron chi connectivity index (χ0n) is 4.60. The van der Waals surface area contributed by atoms with Crippen molar-refractivity contribution in [3.05, 3.63) is 29.3 Å². The molecule has 9 heavy (non-hydrogen) atoms. The number of halogens is 1. The summed E-state index contributed by atoms with van der Waals surface area (Å²) in [5.74, 6) is 0.721. The van der Waals surface area contributed by atoms with Crippen LogP contribution in [-0.4, -0.2) is 0 Å². The molecule has 0 heterocycles. The third-order valence-electron chi connectivity index (χ3n) is 0.947. The molecule has 3 heteroatoms. The van der Waals surface area contributed by atoms with Gasteiger partial charge in [0.05, 0.1) is 0 Å². The molecule has 0 N–H and O–H groups in total. The summed E-state index contributed by atoms with van der Waals surface area (Å²) >= 11 is 7.30. The molecule has 0 aromatic heterocycles. The van der Waals surface area contributed by atoms with Crippen LogP contribution in [0.15, 0.2) is 24.3 Å². The molecular weight excluding hydrogens is 171 g/mol. The average molecular weight is 175 g/mol. The SMILES string of the molecule is Clc1ccccc1[O][Ti]. The van der Waals surface area contributed by atoms with Crippen LogP contribution in [0.5, 0.6) is 5.75 Å². The van der Waals surface area contributed by atoms with Gasteiger partial charge in [-0.05, 0) is 0 Å². The van der Waals surface area contributed by atoms with E-state index in [1.165, 1.54) is 0 Å². The Kier molecular flexibility index (Phi) is 2.58. The second-order valence-corrected chi connectivity index (χ2v) is 2.26. The van der Waals surface area contributed by atoms with Crippen LogP contribution in [0.1, 0.15) is 0 Å². The van der Waals surface area contributed by atoms with Crippen molar-refractivity contribution in [2.75, 3.05) is 0 Å². The van der Waals surface area contributed by atoms with E-state index in [0.717, 1.165) is 5.75 Å². The van der Waals surface area contributed by atoms with Crippen molar-refractivity contribution in [2.24, 2.45) is 0 Å². The van der Waals surface area contributed by atoms with Crippen LogP contribution in [0.25, 0.3) is 0 Å². The van der Waals surface area contributed by atoms with Gasteiger partial charge in [-0.25, -0.2) is 0 Å². The van der Waals surface area contributed by atoms with Gasteiger partial charge < -0.3 is 0 Å². The fourth-order valence-electron chi connectivity index (χ4n) is 0.528. The molecule has 0 fully saturated rings. The molecular formula is C6H4ClOTi. The van der Waals surface area contributed by atoms with Crippen molar-refractivity contribution in [2.45, 2.75) is 0 Å². The molecule has 0 bridgehead atoms. The van der Waals surface area contributed by atoms with Crippen molar-refractivity contribution in [1.29, 1.82) is 0 Å². The van der Waals surface area contributed by atoms with Crippen LogP contribution < -0.4 is 3.32 Å². The monoisotopic (exact) mass is 175 g/mol. The van der Waals surface area contributed by atoms with Crippen LogP contribution in [0.4, 0.5) is 0 Å². The molecule has 1 aromatic carbocycles. The van der Waals surface area contributed by atoms with E-state index in [1.807, 2.05) is 18.2 Å². The molecule has 0 atom stereocenters. The summed E-state index contributed by atoms with van der Waals surface area (Å²) in [7, 11) is 0. The molecule has 0 saturated carbocycles. The minimum absolute atomic E-state index is 0.653. The maximum atomic E-state index is 5.70. The number of hydrogen-bond acceptors (Lipinski definition) is 1. The summed E-state index contributed by atoms with van der Waals surface area (Å²) in [4.78, 5) is 0. The van der Waals surface area contributed by atoms with Gasteiger partial charge in [0.15, 0.2) is 0 Å². The summed E-state index contributed by atoms with van der Waals surface area (Å²) < 4.78 is 4.91. The molecule has 0 aliphatic carbocycles. The number of para-hydroxylation sites is 1. The Morgan fingerprint density at radius 2 is 2.00 bits per heavy atom. The first-order valence-corrected chi connectivity index (χ1v) is 3.44. The molecule has 0 radical (unpaired) electrons. The molecule has 0 aliphatic heterocycles. The van der Waals surface area contributed by atoms with Crippen LogP contribution in [0, 0.1) is 0 Å². The van der Waals surface area contributed by atoms with E-state index in [-0.39, 0.29) is 0 Å². The second kappa shape index (κ2) is 3.26. The van der Waals surface area contributed by atoms with Gasteiger partial charge in [-0.1, -0.05) is 0 Å². The van der Waals surface area contributed by atoms with Crippen LogP contribution in [0.2, 0.25) is 5.02 Å². The molecule has 1 aromatic rings. The van der Waals surface area contributed by atoms with Crippen LogP contribution in [0.3, 0.4) is 0 Å². The Morgan fingerprint density at radius 3 is 2.44 bits per heavy atom. The van der Waals surface area contributed by atoms with Crippen molar-refractivity contribution >= 4 is 11.6 Å². The summed E-state index contributed by atoms with van der Waals surface area (Å²) in [5, 5.41) is 0.653. The Labute approximate surface area is 70.9 Å². The topological polar surface area (TPSA) is 9.23 Å². The average Bonchev–Trinajstić information content (AvgIpc) is 1.89. The maximum absolute atomic E-state index is 5.70. The van der Waals surface area contributed by atoms with Crippen LogP contribution in [-0.2, 0) is 20.8 Å². The standard InChI is InChI=1S/C6H5ClO.Ti/c7-5-3-1-2-4-6(5)8;/h1-4,8H;/q;+1/p-1. The Morgan fingerprint density at radius 1 is 1.33 bits per heavy atom. The molecule has 1 rings (SSSR count). The van der Waals surface area contributed by atoms with E-state index in [2.05, 4.69) is 0 Å². The Bertz CT molecular complexity index is 202. The quantitative estimate of drug-likeness (QED) is 0.595. The normalized spacial score (nSPS) is 8.89. The van der Waals surface area contributed by atoms with Crippen LogP contribution >= 0.6 is 11.6 Å². The summed E-state index contributed by atoms with van der Waals surface area (Å²) in [6.45, 7) is 0. The van der Waals surface area contributed by atoms with Gasteiger partial charge in [0, 0.05) is 0 Å². The van der Waals surface area contributed by atoms with Crippen molar-refractivity contribution in [3.63, 3.8) is 0 Å². The molecule has 0 spiro atoms. The van der Waals surface area contributed by atoms with E-state index in [0.29, 0.717) is 5.02 Å². The van der Waals surface area contributed by atoms with Gasteiger partial charge in [0.1, 0.15) is 0 Å². The van der Waals surface area contributed by atoms with Gasteiger partial charge in [-0.2, -0.15) is 0 Å². The van der Waals surface area contributed by atoms with Gasteiger partial charge in [-0.15, -0.1) is 0 Å². The first-order valence-electron chi connectivity index (χ1n) is 2.42. The predicted octanol–water partition coefficient (Wildman–Crippen LogP) is 2.18. The van der Waals surface area contributed by atoms with E-state index >= 15 is 0 Å². The zero-order chi connectivity index (χ0) is 6.69. The molecule has 0 amide bonds. The summed E-state index contributed by atoms with van der Waals surface area (Å²) in [5.41, 5.74) is 0. The summed E-state index contributed by atoms with van der Waals surface area (Å²) in [6, 6.07) is 7.36. The van der Waals surface area contributed by atoms with E-state index in [9.17, 15) is 0 Å². The van der Waals surface area contributed by atoms with E-state index < -0.39 is 0 Å². The van der Waals surface area contributed by atoms with Gasteiger partial charge >= 0.3 is 70.8 Å². The number of hydrogen-bond donors (Lipinski definition) is 0. The fourth-order valence-corrected chi connectivity index (χ4v) is 1.08. The predicted molar refractivity (Wildman–Crippen MR) is 32.1 cm³/mol. The molecule has 0 unspecified atom stereocenters. The van der Waals surface area contributed by atoms with Crippen molar-refractivity contribution < 1.29 is 24.1 Å². The van der Waals surface area contributed by atoms with Crippen molar-refractivity contribution in [3.8, 4) is 5.75 Å². The van der Waals surface area contributed by atoms with E-state index in [4.69, 9.17) is 14.9 Å². The first kappa shape index (κ1) is 7.14. The number of benzene rings is 1. The second-order valence-electron chi connectivity index (χ2n) is 1.53. The Hall–Kier alpha value is 0.0243. The van der Waals surface area contributed by atoms with Gasteiger partial charge in [-0.3, -0.25) is 0 Å². The minimum atomic E-state index is 0.653. The van der Waals surface area contributed by atoms with Crippen molar-refractivity contribution in [1.82, 2.24) is 0 Å². The molecule has 0 saturated heterocycles. The number of rotatable bonds is 1. The van der Waals surface area contributed by atoms with Gasteiger partial charge in [0.25, 0.3) is 0 Å². The molecule has 0 aliphatic rings. The third kappa shape index (κ3) is 1.72. The summed E-state index contributed by atoms with van der Waals surface area (Å²) in [6.07, 6.45) is 0. The third-order valence-corrected chi connectivity index (χ3v) is 1.60.